The van der Waals surface area contributed by atoms with E-state index in [2.05, 4.69) is 21.8 Å². The van der Waals surface area contributed by atoms with Gasteiger partial charge in [0.05, 0.1) is 0 Å². The number of fused-ring (bicyclic) bond motifs is 3. The third-order valence-electron chi connectivity index (χ3n) is 4.83. The summed E-state index contributed by atoms with van der Waals surface area (Å²) < 4.78 is 9.36. The molecule has 1 amide bonds. The summed E-state index contributed by atoms with van der Waals surface area (Å²) in [6.45, 7) is 0.146. The molecular formula is C21H18N2O4S. The third kappa shape index (κ3) is 3.61. The average molecular weight is 394 g/mol. The van der Waals surface area contributed by atoms with Crippen LogP contribution < -0.4 is 5.32 Å². The normalized spacial score (nSPS) is 13.4. The molecule has 1 atom stereocenters. The molecule has 6 nitrogen and oxygen atoms in total. The molecular weight excluding hydrogens is 376 g/mol. The summed E-state index contributed by atoms with van der Waals surface area (Å²) in [5, 5.41) is 11.8. The van der Waals surface area contributed by atoms with Crippen LogP contribution in [0.3, 0.4) is 0 Å². The molecule has 0 saturated heterocycles. The first kappa shape index (κ1) is 18.2. The van der Waals surface area contributed by atoms with Crippen LogP contribution in [-0.4, -0.2) is 34.2 Å². The van der Waals surface area contributed by atoms with Crippen molar-refractivity contribution in [2.75, 3.05) is 6.61 Å². The molecule has 142 valence electrons. The summed E-state index contributed by atoms with van der Waals surface area (Å²) in [5.41, 5.74) is 4.49. The van der Waals surface area contributed by atoms with E-state index >= 15 is 0 Å². The highest BCUT2D eigenvalue weighted by atomic mass is 32.1. The van der Waals surface area contributed by atoms with Crippen molar-refractivity contribution in [3.63, 3.8) is 0 Å². The highest BCUT2D eigenvalue weighted by Crippen LogP contribution is 2.44. The Balaban J connectivity index is 1.44. The van der Waals surface area contributed by atoms with Crippen molar-refractivity contribution in [2.45, 2.75) is 18.4 Å². The largest absolute Gasteiger partial charge is 0.480 e. The number of carboxylic acid groups (broad SMARTS) is 1. The van der Waals surface area contributed by atoms with Gasteiger partial charge in [-0.2, -0.15) is 0 Å². The van der Waals surface area contributed by atoms with Crippen molar-refractivity contribution in [3.05, 3.63) is 76.8 Å². The van der Waals surface area contributed by atoms with Crippen LogP contribution in [-0.2, 0) is 16.0 Å². The molecule has 3 aromatic rings. The molecule has 0 bridgehead atoms. The van der Waals surface area contributed by atoms with Gasteiger partial charge in [-0.3, -0.25) is 0 Å². The second-order valence-electron chi connectivity index (χ2n) is 6.54. The highest BCUT2D eigenvalue weighted by Gasteiger charge is 2.29. The summed E-state index contributed by atoms with van der Waals surface area (Å²) in [6.07, 6.45) is 1.04. The number of rotatable bonds is 6. The summed E-state index contributed by atoms with van der Waals surface area (Å²) in [5.74, 6) is -1.18. The van der Waals surface area contributed by atoms with E-state index in [4.69, 9.17) is 4.74 Å². The number of alkyl carbamates (subject to hydrolysis) is 1. The van der Waals surface area contributed by atoms with Gasteiger partial charge in [-0.15, -0.1) is 0 Å². The standard InChI is InChI=1S/C21H18N2O4S/c24-20(25)19(11-13-9-10-22-28-13)23-21(26)27-12-18-16-7-3-1-5-14(16)15-6-2-4-8-17(15)18/h1-10,18-19H,11-12H2,(H,23,26)(H,24,25). The smallest absolute Gasteiger partial charge is 0.407 e. The number of aliphatic carboxylic acids is 1. The number of carbonyl (C=O) groups is 2. The lowest BCUT2D eigenvalue weighted by atomic mass is 9.98. The Morgan fingerprint density at radius 2 is 1.71 bits per heavy atom. The monoisotopic (exact) mass is 394 g/mol. The van der Waals surface area contributed by atoms with Crippen molar-refractivity contribution in [3.8, 4) is 11.1 Å². The lowest BCUT2D eigenvalue weighted by Crippen LogP contribution is -2.42. The maximum atomic E-state index is 12.3. The summed E-state index contributed by atoms with van der Waals surface area (Å²) >= 11 is 1.21. The number of nitrogens with zero attached hydrogens (tertiary/aromatic N) is 1. The van der Waals surface area contributed by atoms with E-state index in [1.54, 1.807) is 12.3 Å². The highest BCUT2D eigenvalue weighted by molar-refractivity contribution is 7.05. The summed E-state index contributed by atoms with van der Waals surface area (Å²) in [7, 11) is 0. The van der Waals surface area contributed by atoms with Gasteiger partial charge in [0.1, 0.15) is 12.6 Å². The van der Waals surface area contributed by atoms with Gasteiger partial charge in [0.15, 0.2) is 0 Å². The lowest BCUT2D eigenvalue weighted by molar-refractivity contribution is -0.139. The van der Waals surface area contributed by atoms with Crippen molar-refractivity contribution >= 4 is 23.6 Å². The molecule has 0 saturated carbocycles. The van der Waals surface area contributed by atoms with E-state index in [0.29, 0.717) is 0 Å². The SMILES string of the molecule is O=C(NC(Cc1ccns1)C(=O)O)OCC1c2ccccc2-c2ccccc21. The predicted octanol–water partition coefficient (Wildman–Crippen LogP) is 3.68. The van der Waals surface area contributed by atoms with Gasteiger partial charge in [0.25, 0.3) is 0 Å². The minimum Gasteiger partial charge on any atom is -0.480 e. The third-order valence-corrected chi connectivity index (χ3v) is 5.59. The van der Waals surface area contributed by atoms with E-state index in [9.17, 15) is 14.7 Å². The first-order valence-electron chi connectivity index (χ1n) is 8.87. The first-order chi connectivity index (χ1) is 13.6. The molecule has 0 radical (unpaired) electrons. The van der Waals surface area contributed by atoms with E-state index in [1.165, 1.54) is 11.5 Å². The van der Waals surface area contributed by atoms with Gasteiger partial charge in [-0.25, -0.2) is 14.0 Å². The Labute approximate surface area is 166 Å². The first-order valence-corrected chi connectivity index (χ1v) is 9.64. The molecule has 0 spiro atoms. The zero-order chi connectivity index (χ0) is 19.5. The Kier molecular flexibility index (Phi) is 5.08. The second kappa shape index (κ2) is 7.82. The average Bonchev–Trinajstić information content (AvgIpc) is 3.32. The summed E-state index contributed by atoms with van der Waals surface area (Å²) in [6, 6.07) is 16.8. The second-order valence-corrected chi connectivity index (χ2v) is 7.46. The number of aromatic nitrogens is 1. The summed E-state index contributed by atoms with van der Waals surface area (Å²) in [4.78, 5) is 24.5. The van der Waals surface area contributed by atoms with E-state index < -0.39 is 18.1 Å². The van der Waals surface area contributed by atoms with Crippen molar-refractivity contribution in [2.24, 2.45) is 0 Å². The fraction of sp³-hybridized carbons (Fsp3) is 0.190. The van der Waals surface area contributed by atoms with Gasteiger partial charge in [-0.05, 0) is 39.9 Å². The van der Waals surface area contributed by atoms with Crippen LogP contribution in [0.15, 0.2) is 60.8 Å². The number of amides is 1. The molecule has 0 fully saturated rings. The maximum Gasteiger partial charge on any atom is 0.407 e. The maximum absolute atomic E-state index is 12.3. The molecule has 7 heteroatoms. The zero-order valence-electron chi connectivity index (χ0n) is 14.9. The van der Waals surface area contributed by atoms with Crippen molar-refractivity contribution in [1.82, 2.24) is 9.69 Å². The van der Waals surface area contributed by atoms with Gasteiger partial charge >= 0.3 is 12.1 Å². The molecule has 1 heterocycles. The van der Waals surface area contributed by atoms with E-state index in [-0.39, 0.29) is 18.9 Å². The van der Waals surface area contributed by atoms with Crippen molar-refractivity contribution < 1.29 is 19.4 Å². The zero-order valence-corrected chi connectivity index (χ0v) is 15.7. The van der Waals surface area contributed by atoms with Gasteiger partial charge in [-0.1, -0.05) is 48.5 Å². The van der Waals surface area contributed by atoms with Crippen LogP contribution in [0.5, 0.6) is 0 Å². The molecule has 1 aliphatic carbocycles. The Morgan fingerprint density at radius 1 is 1.07 bits per heavy atom. The van der Waals surface area contributed by atoms with Crippen molar-refractivity contribution in [1.29, 1.82) is 0 Å². The number of carboxylic acids is 1. The van der Waals surface area contributed by atoms with Crippen LogP contribution in [0.2, 0.25) is 0 Å². The minimum absolute atomic E-state index is 0.0667. The fourth-order valence-electron chi connectivity index (χ4n) is 3.53. The quantitative estimate of drug-likeness (QED) is 0.666. The van der Waals surface area contributed by atoms with Crippen LogP contribution >= 0.6 is 11.5 Å². The molecule has 2 N–H and O–H groups in total. The molecule has 2 aromatic carbocycles. The van der Waals surface area contributed by atoms with E-state index in [0.717, 1.165) is 27.1 Å². The Bertz CT molecular complexity index is 958. The van der Waals surface area contributed by atoms with Gasteiger partial charge in [0.2, 0.25) is 0 Å². The number of carbonyl (C=O) groups excluding carboxylic acids is 1. The van der Waals surface area contributed by atoms with Gasteiger partial charge in [0, 0.05) is 23.4 Å². The van der Waals surface area contributed by atoms with E-state index in [1.807, 2.05) is 36.4 Å². The number of ether oxygens (including phenoxy) is 1. The molecule has 4 rings (SSSR count). The molecule has 0 aliphatic heterocycles. The van der Waals surface area contributed by atoms with Crippen LogP contribution in [0, 0.1) is 0 Å². The lowest BCUT2D eigenvalue weighted by Gasteiger charge is -2.17. The van der Waals surface area contributed by atoms with Gasteiger partial charge < -0.3 is 15.2 Å². The number of hydrogen-bond donors (Lipinski definition) is 2. The number of benzene rings is 2. The topological polar surface area (TPSA) is 88.5 Å². The molecule has 1 aromatic heterocycles. The van der Waals surface area contributed by atoms with Crippen LogP contribution in [0.1, 0.15) is 21.9 Å². The Morgan fingerprint density at radius 3 is 2.29 bits per heavy atom. The molecule has 1 aliphatic rings. The van der Waals surface area contributed by atoms with Crippen LogP contribution in [0.4, 0.5) is 4.79 Å². The van der Waals surface area contributed by atoms with Crippen LogP contribution in [0.25, 0.3) is 11.1 Å². The molecule has 1 unspecified atom stereocenters. The Hall–Kier alpha value is -3.19. The number of hydrogen-bond acceptors (Lipinski definition) is 5. The fourth-order valence-corrected chi connectivity index (χ4v) is 4.15. The predicted molar refractivity (Wildman–Crippen MR) is 105 cm³/mol. The molecule has 28 heavy (non-hydrogen) atoms. The minimum atomic E-state index is -1.11. The number of nitrogens with one attached hydrogen (secondary N) is 1.